The van der Waals surface area contributed by atoms with E-state index in [9.17, 15) is 9.59 Å². The summed E-state index contributed by atoms with van der Waals surface area (Å²) in [5, 5.41) is 2.89. The number of aromatic amines is 1. The first-order valence-electron chi connectivity index (χ1n) is 7.57. The molecule has 1 aliphatic heterocycles. The molecule has 2 aromatic rings. The van der Waals surface area contributed by atoms with Crippen LogP contribution in [0.15, 0.2) is 20.7 Å². The van der Waals surface area contributed by atoms with E-state index < -0.39 is 11.2 Å². The van der Waals surface area contributed by atoms with E-state index >= 15 is 0 Å². The van der Waals surface area contributed by atoms with Crippen LogP contribution in [0, 0.1) is 0 Å². The summed E-state index contributed by atoms with van der Waals surface area (Å²) >= 11 is 5.95. The van der Waals surface area contributed by atoms with E-state index in [2.05, 4.69) is 20.2 Å². The van der Waals surface area contributed by atoms with Crippen LogP contribution in [-0.2, 0) is 13.6 Å². The third-order valence-electron chi connectivity index (χ3n) is 4.03. The molecule has 0 atom stereocenters. The molecule has 0 spiro atoms. The predicted molar refractivity (Wildman–Crippen MR) is 89.1 cm³/mol. The molecule has 1 saturated heterocycles. The number of nitrogens with zero attached hydrogens (tertiary/aromatic N) is 4. The van der Waals surface area contributed by atoms with Gasteiger partial charge < -0.3 is 14.8 Å². The molecule has 0 amide bonds. The molecule has 1 aliphatic rings. The highest BCUT2D eigenvalue weighted by Gasteiger charge is 2.23. The average molecular weight is 340 g/mol. The van der Waals surface area contributed by atoms with Crippen molar-refractivity contribution in [2.75, 3.05) is 31.1 Å². The van der Waals surface area contributed by atoms with Gasteiger partial charge in [-0.05, 0) is 6.92 Å². The Morgan fingerprint density at radius 1 is 1.39 bits per heavy atom. The third-order valence-corrected chi connectivity index (χ3v) is 4.19. The zero-order chi connectivity index (χ0) is 16.6. The lowest BCUT2D eigenvalue weighted by Gasteiger charge is -2.26. The average Bonchev–Trinajstić information content (AvgIpc) is 2.91. The van der Waals surface area contributed by atoms with Crippen molar-refractivity contribution in [3.05, 3.63) is 31.9 Å². The minimum atomic E-state index is -0.463. The van der Waals surface area contributed by atoms with Gasteiger partial charge in [-0.2, -0.15) is 4.98 Å². The number of aromatic nitrogens is 4. The molecule has 124 valence electrons. The van der Waals surface area contributed by atoms with Crippen LogP contribution in [0.3, 0.4) is 0 Å². The number of hydrogen-bond donors (Lipinski definition) is 2. The number of hydrogen-bond acceptors (Lipinski definition) is 4. The van der Waals surface area contributed by atoms with Crippen LogP contribution >= 0.6 is 11.6 Å². The van der Waals surface area contributed by atoms with E-state index in [4.69, 9.17) is 11.6 Å². The highest BCUT2D eigenvalue weighted by molar-refractivity contribution is 6.29. The first kappa shape index (κ1) is 15.8. The lowest BCUT2D eigenvalue weighted by molar-refractivity contribution is -0.655. The predicted octanol–water partition coefficient (Wildman–Crippen LogP) is -1.05. The fraction of sp³-hybridized carbons (Fsp3) is 0.500. The first-order valence-corrected chi connectivity index (χ1v) is 7.95. The van der Waals surface area contributed by atoms with Crippen LogP contribution < -0.4 is 21.5 Å². The van der Waals surface area contributed by atoms with Crippen molar-refractivity contribution in [3.8, 4) is 0 Å². The molecule has 3 N–H and O–H groups in total. The molecule has 0 radical (unpaired) electrons. The second kappa shape index (κ2) is 6.21. The zero-order valence-electron chi connectivity index (χ0n) is 13.2. The second-order valence-electron chi connectivity index (χ2n) is 5.66. The van der Waals surface area contributed by atoms with Gasteiger partial charge in [-0.1, -0.05) is 17.7 Å². The van der Waals surface area contributed by atoms with Crippen molar-refractivity contribution < 1.29 is 5.32 Å². The standard InChI is InChI=1S/C14H19ClN6O2/c1-9(15)3-6-21-10-11(19(2)14(23)18-12(10)22)17-13(21)20-7-4-16-5-8-20/h3,16H,4-8H2,1-2H3,(H,18,22,23)/p+1/b9-3-. The molecule has 0 saturated carbocycles. The van der Waals surface area contributed by atoms with Gasteiger partial charge in [0.2, 0.25) is 5.95 Å². The number of imidazole rings is 1. The Labute approximate surface area is 137 Å². The number of aryl methyl sites for hydroxylation is 1. The van der Waals surface area contributed by atoms with Crippen molar-refractivity contribution in [1.29, 1.82) is 0 Å². The van der Waals surface area contributed by atoms with Gasteiger partial charge in [-0.3, -0.25) is 14.3 Å². The van der Waals surface area contributed by atoms with E-state index in [1.54, 1.807) is 14.0 Å². The maximum Gasteiger partial charge on any atom is 0.329 e. The highest BCUT2D eigenvalue weighted by atomic mass is 35.5. The van der Waals surface area contributed by atoms with E-state index in [1.807, 2.05) is 10.6 Å². The molecule has 0 unspecified atom stereocenters. The number of quaternary nitrogens is 1. The Balaban J connectivity index is 2.24. The van der Waals surface area contributed by atoms with Crippen LogP contribution in [0.4, 0.5) is 5.95 Å². The molecule has 23 heavy (non-hydrogen) atoms. The van der Waals surface area contributed by atoms with Crippen LogP contribution in [0.1, 0.15) is 6.92 Å². The van der Waals surface area contributed by atoms with Gasteiger partial charge in [0.15, 0.2) is 11.2 Å². The topological polar surface area (TPSA) is 92.5 Å². The molecule has 1 fully saturated rings. The largest absolute Gasteiger partial charge is 0.343 e. The number of H-pyrrole nitrogens is 1. The minimum Gasteiger partial charge on any atom is -0.343 e. The second-order valence-corrected chi connectivity index (χ2v) is 6.25. The van der Waals surface area contributed by atoms with Crippen LogP contribution in [0.25, 0.3) is 11.2 Å². The smallest absolute Gasteiger partial charge is 0.329 e. The number of allylic oxidation sites excluding steroid dienone is 2. The molecule has 9 heteroatoms. The highest BCUT2D eigenvalue weighted by Crippen LogP contribution is 2.20. The number of halogens is 1. The Hall–Kier alpha value is -2.06. The maximum absolute atomic E-state index is 12.3. The minimum absolute atomic E-state index is 0.393. The number of piperazine rings is 1. The number of rotatable bonds is 3. The molecular weight excluding hydrogens is 320 g/mol. The van der Waals surface area contributed by atoms with Crippen LogP contribution in [-0.4, -0.2) is 45.3 Å². The summed E-state index contributed by atoms with van der Waals surface area (Å²) < 4.78 is 3.19. The van der Waals surface area contributed by atoms with Crippen LogP contribution in [0.2, 0.25) is 0 Å². The van der Waals surface area contributed by atoms with E-state index in [1.165, 1.54) is 4.57 Å². The van der Waals surface area contributed by atoms with Crippen molar-refractivity contribution in [2.45, 2.75) is 13.5 Å². The Bertz CT molecular complexity index is 868. The summed E-state index contributed by atoms with van der Waals surface area (Å²) in [5.74, 6) is 0.703. The molecule has 8 nitrogen and oxygen atoms in total. The monoisotopic (exact) mass is 339 g/mol. The molecule has 0 aromatic carbocycles. The Morgan fingerprint density at radius 3 is 2.74 bits per heavy atom. The van der Waals surface area contributed by atoms with Crippen LogP contribution in [0.5, 0.6) is 0 Å². The van der Waals surface area contributed by atoms with Gasteiger partial charge >= 0.3 is 5.69 Å². The molecule has 0 bridgehead atoms. The number of fused-ring (bicyclic) bond motifs is 1. The van der Waals surface area contributed by atoms with Gasteiger partial charge in [-0.25, -0.2) is 4.79 Å². The number of anilines is 1. The third kappa shape index (κ3) is 2.91. The molecule has 3 heterocycles. The molecule has 0 aliphatic carbocycles. The van der Waals surface area contributed by atoms with Crippen molar-refractivity contribution in [2.24, 2.45) is 7.05 Å². The fourth-order valence-electron chi connectivity index (χ4n) is 2.80. The lowest BCUT2D eigenvalue weighted by Crippen LogP contribution is -2.89. The van der Waals surface area contributed by atoms with Gasteiger partial charge in [-0.15, -0.1) is 0 Å². The first-order chi connectivity index (χ1) is 11.0. The fourth-order valence-corrected chi connectivity index (χ4v) is 2.87. The quantitative estimate of drug-likeness (QED) is 0.746. The SMILES string of the molecule is C/C(Cl)=C/Cn1c(N2CC[NH2+]CC2)nc2c1c(=O)[nH]c(=O)n2C. The summed E-state index contributed by atoms with van der Waals surface area (Å²) in [4.78, 5) is 33.2. The zero-order valence-corrected chi connectivity index (χ0v) is 13.9. The van der Waals surface area contributed by atoms with Gasteiger partial charge in [0.05, 0.1) is 26.2 Å². The van der Waals surface area contributed by atoms with E-state index in [0.717, 1.165) is 26.2 Å². The molecular formula is C14H20ClN6O2+. The van der Waals surface area contributed by atoms with E-state index in [0.29, 0.717) is 28.7 Å². The van der Waals surface area contributed by atoms with Gasteiger partial charge in [0.25, 0.3) is 5.56 Å². The van der Waals surface area contributed by atoms with Crippen molar-refractivity contribution in [3.63, 3.8) is 0 Å². The summed E-state index contributed by atoms with van der Waals surface area (Å²) in [6.07, 6.45) is 1.83. The maximum atomic E-state index is 12.3. The number of nitrogens with one attached hydrogen (secondary N) is 1. The lowest BCUT2D eigenvalue weighted by atomic mass is 10.4. The Morgan fingerprint density at radius 2 is 2.09 bits per heavy atom. The molecule has 2 aromatic heterocycles. The summed E-state index contributed by atoms with van der Waals surface area (Å²) in [6, 6.07) is 0. The summed E-state index contributed by atoms with van der Waals surface area (Å²) in [5.41, 5.74) is -0.101. The Kier molecular flexibility index (Phi) is 4.27. The summed E-state index contributed by atoms with van der Waals surface area (Å²) in [6.45, 7) is 5.86. The molecule has 3 rings (SSSR count). The summed E-state index contributed by atoms with van der Waals surface area (Å²) in [7, 11) is 1.61. The normalized spacial score (nSPS) is 16.3. The van der Waals surface area contributed by atoms with Crippen molar-refractivity contribution >= 4 is 28.7 Å². The number of nitrogens with two attached hydrogens (primary N) is 1. The van der Waals surface area contributed by atoms with E-state index in [-0.39, 0.29) is 0 Å². The van der Waals surface area contributed by atoms with Crippen molar-refractivity contribution in [1.82, 2.24) is 19.1 Å². The van der Waals surface area contributed by atoms with Gasteiger partial charge in [0, 0.05) is 18.6 Å². The van der Waals surface area contributed by atoms with Gasteiger partial charge in [0.1, 0.15) is 0 Å².